The monoisotopic (exact) mass is 323 g/mol. The molecule has 1 N–H and O–H groups in total. The first-order chi connectivity index (χ1) is 10.0. The van der Waals surface area contributed by atoms with Gasteiger partial charge in [0.1, 0.15) is 0 Å². The Morgan fingerprint density at radius 2 is 2.05 bits per heavy atom. The molecule has 0 aliphatic carbocycles. The minimum atomic E-state index is -0.0179. The van der Waals surface area contributed by atoms with E-state index in [2.05, 4.69) is 10.3 Å². The first-order valence-corrected chi connectivity index (χ1v) is 7.92. The molecule has 0 atom stereocenters. The summed E-state index contributed by atoms with van der Waals surface area (Å²) in [6, 6.07) is 7.55. The van der Waals surface area contributed by atoms with Crippen LogP contribution in [0.15, 0.2) is 29.6 Å². The van der Waals surface area contributed by atoms with E-state index < -0.39 is 0 Å². The molecule has 1 amide bonds. The van der Waals surface area contributed by atoms with Crippen molar-refractivity contribution in [3.8, 4) is 0 Å². The van der Waals surface area contributed by atoms with Gasteiger partial charge in [-0.3, -0.25) is 4.79 Å². The van der Waals surface area contributed by atoms with Crippen LogP contribution in [0.1, 0.15) is 17.7 Å². The zero-order chi connectivity index (χ0) is 15.2. The maximum absolute atomic E-state index is 11.9. The molecule has 0 aliphatic rings. The topological polar surface area (TPSA) is 45.2 Å². The number of nitrogens with one attached hydrogen (secondary N) is 1. The van der Waals surface area contributed by atoms with Gasteiger partial charge in [0.05, 0.1) is 5.69 Å². The molecule has 0 bridgehead atoms. The number of benzene rings is 1. The van der Waals surface area contributed by atoms with Crippen LogP contribution in [0, 0.1) is 0 Å². The van der Waals surface area contributed by atoms with Crippen LogP contribution in [-0.4, -0.2) is 29.9 Å². The Morgan fingerprint density at radius 3 is 2.71 bits per heavy atom. The molecular weight excluding hydrogens is 306 g/mol. The van der Waals surface area contributed by atoms with E-state index in [1.54, 1.807) is 0 Å². The van der Waals surface area contributed by atoms with Crippen LogP contribution in [0.5, 0.6) is 0 Å². The predicted molar refractivity (Wildman–Crippen MR) is 87.9 cm³/mol. The summed E-state index contributed by atoms with van der Waals surface area (Å²) in [6.07, 6.45) is 1.13. The number of carbonyl (C=O) groups excluding carboxylic acids is 1. The standard InChI is InChI=1S/C15H18ClN3OS/c1-19(2)9-13-10-21-15(17-13)18-14(20)8-5-11-3-6-12(16)7-4-11/h3-4,6-7,10H,5,8-9H2,1-2H3,(H,17,18,20). The Morgan fingerprint density at radius 1 is 1.33 bits per heavy atom. The van der Waals surface area contributed by atoms with Gasteiger partial charge < -0.3 is 10.2 Å². The van der Waals surface area contributed by atoms with Gasteiger partial charge in [-0.05, 0) is 38.2 Å². The van der Waals surface area contributed by atoms with Crippen LogP contribution in [0.25, 0.3) is 0 Å². The normalized spacial score (nSPS) is 10.9. The molecule has 0 fully saturated rings. The van der Waals surface area contributed by atoms with E-state index in [0.717, 1.165) is 17.8 Å². The fourth-order valence-corrected chi connectivity index (χ4v) is 2.70. The number of hydrogen-bond donors (Lipinski definition) is 1. The van der Waals surface area contributed by atoms with Crippen LogP contribution in [0.3, 0.4) is 0 Å². The lowest BCUT2D eigenvalue weighted by atomic mass is 10.1. The maximum atomic E-state index is 11.9. The van der Waals surface area contributed by atoms with Crippen LogP contribution in [0.2, 0.25) is 5.02 Å². The summed E-state index contributed by atoms with van der Waals surface area (Å²) >= 11 is 7.29. The molecule has 2 rings (SSSR count). The molecule has 0 unspecified atom stereocenters. The van der Waals surface area contributed by atoms with Gasteiger partial charge in [0.25, 0.3) is 0 Å². The van der Waals surface area contributed by atoms with Crippen molar-refractivity contribution >= 4 is 34.0 Å². The zero-order valence-electron chi connectivity index (χ0n) is 12.1. The van der Waals surface area contributed by atoms with Crippen molar-refractivity contribution in [2.75, 3.05) is 19.4 Å². The summed E-state index contributed by atoms with van der Waals surface area (Å²) in [5, 5.41) is 6.18. The molecule has 0 saturated heterocycles. The van der Waals surface area contributed by atoms with Gasteiger partial charge in [0.15, 0.2) is 5.13 Å². The molecule has 1 aromatic carbocycles. The van der Waals surface area contributed by atoms with Gasteiger partial charge in [0, 0.05) is 23.4 Å². The average Bonchev–Trinajstić information content (AvgIpc) is 2.84. The highest BCUT2D eigenvalue weighted by Crippen LogP contribution is 2.17. The van der Waals surface area contributed by atoms with Gasteiger partial charge in [0.2, 0.25) is 5.91 Å². The number of anilines is 1. The second kappa shape index (κ2) is 7.54. The van der Waals surface area contributed by atoms with Gasteiger partial charge in [-0.15, -0.1) is 11.3 Å². The number of aryl methyl sites for hydroxylation is 1. The van der Waals surface area contributed by atoms with Gasteiger partial charge >= 0.3 is 0 Å². The highest BCUT2D eigenvalue weighted by atomic mass is 35.5. The molecule has 4 nitrogen and oxygen atoms in total. The Kier molecular flexibility index (Phi) is 5.73. The lowest BCUT2D eigenvalue weighted by Crippen LogP contribution is -2.13. The van der Waals surface area contributed by atoms with Crippen molar-refractivity contribution in [2.45, 2.75) is 19.4 Å². The second-order valence-corrected chi connectivity index (χ2v) is 6.35. The lowest BCUT2D eigenvalue weighted by molar-refractivity contribution is -0.116. The van der Waals surface area contributed by atoms with E-state index in [1.165, 1.54) is 11.3 Å². The van der Waals surface area contributed by atoms with Gasteiger partial charge in [-0.25, -0.2) is 4.98 Å². The fraction of sp³-hybridized carbons (Fsp3) is 0.333. The highest BCUT2D eigenvalue weighted by molar-refractivity contribution is 7.13. The molecule has 0 aliphatic heterocycles. The van der Waals surface area contributed by atoms with Crippen LogP contribution in [0.4, 0.5) is 5.13 Å². The summed E-state index contributed by atoms with van der Waals surface area (Å²) < 4.78 is 0. The van der Waals surface area contributed by atoms with E-state index >= 15 is 0 Å². The minimum absolute atomic E-state index is 0.0179. The smallest absolute Gasteiger partial charge is 0.226 e. The number of halogens is 1. The zero-order valence-corrected chi connectivity index (χ0v) is 13.7. The SMILES string of the molecule is CN(C)Cc1csc(NC(=O)CCc2ccc(Cl)cc2)n1. The number of rotatable bonds is 6. The third-order valence-corrected chi connectivity index (χ3v) is 3.89. The molecule has 1 aromatic heterocycles. The number of thiazole rings is 1. The average molecular weight is 324 g/mol. The first kappa shape index (κ1) is 15.9. The number of amides is 1. The number of carbonyl (C=O) groups is 1. The summed E-state index contributed by atoms with van der Waals surface area (Å²) in [4.78, 5) is 18.3. The highest BCUT2D eigenvalue weighted by Gasteiger charge is 2.07. The van der Waals surface area contributed by atoms with Gasteiger partial charge in [-0.2, -0.15) is 0 Å². The van der Waals surface area contributed by atoms with E-state index in [-0.39, 0.29) is 5.91 Å². The van der Waals surface area contributed by atoms with Crippen molar-refractivity contribution in [1.82, 2.24) is 9.88 Å². The van der Waals surface area contributed by atoms with Crippen molar-refractivity contribution in [2.24, 2.45) is 0 Å². The Balaban J connectivity index is 1.81. The first-order valence-electron chi connectivity index (χ1n) is 6.66. The van der Waals surface area contributed by atoms with Crippen molar-refractivity contribution in [3.05, 3.63) is 45.9 Å². The molecule has 21 heavy (non-hydrogen) atoms. The molecule has 6 heteroatoms. The van der Waals surface area contributed by atoms with E-state index in [4.69, 9.17) is 11.6 Å². The van der Waals surface area contributed by atoms with Crippen molar-refractivity contribution in [1.29, 1.82) is 0 Å². The largest absolute Gasteiger partial charge is 0.304 e. The number of aromatic nitrogens is 1. The van der Waals surface area contributed by atoms with E-state index in [0.29, 0.717) is 23.0 Å². The molecule has 0 radical (unpaired) electrons. The third kappa shape index (κ3) is 5.46. The lowest BCUT2D eigenvalue weighted by Gasteiger charge is -2.05. The second-order valence-electron chi connectivity index (χ2n) is 5.06. The van der Waals surface area contributed by atoms with Gasteiger partial charge in [-0.1, -0.05) is 23.7 Å². The van der Waals surface area contributed by atoms with Crippen LogP contribution in [-0.2, 0) is 17.8 Å². The molecule has 0 spiro atoms. The summed E-state index contributed by atoms with van der Waals surface area (Å²) in [5.41, 5.74) is 2.07. The fourth-order valence-electron chi connectivity index (χ4n) is 1.85. The van der Waals surface area contributed by atoms with E-state index in [9.17, 15) is 4.79 Å². The molecule has 0 saturated carbocycles. The van der Waals surface area contributed by atoms with Crippen LogP contribution < -0.4 is 5.32 Å². The van der Waals surface area contributed by atoms with Crippen molar-refractivity contribution < 1.29 is 4.79 Å². The maximum Gasteiger partial charge on any atom is 0.226 e. The molecule has 2 aromatic rings. The Labute approximate surface area is 133 Å². The molecular formula is C15H18ClN3OS. The van der Waals surface area contributed by atoms with E-state index in [1.807, 2.05) is 48.6 Å². The summed E-state index contributed by atoms with van der Waals surface area (Å²) in [6.45, 7) is 0.775. The summed E-state index contributed by atoms with van der Waals surface area (Å²) in [5.74, 6) is -0.0179. The third-order valence-electron chi connectivity index (χ3n) is 2.83. The number of hydrogen-bond acceptors (Lipinski definition) is 4. The molecule has 1 heterocycles. The Hall–Kier alpha value is -1.43. The number of nitrogens with zero attached hydrogens (tertiary/aromatic N) is 2. The van der Waals surface area contributed by atoms with Crippen LogP contribution >= 0.6 is 22.9 Å². The molecule has 112 valence electrons. The van der Waals surface area contributed by atoms with Crippen molar-refractivity contribution in [3.63, 3.8) is 0 Å². The Bertz CT molecular complexity index is 595. The quantitative estimate of drug-likeness (QED) is 0.886. The minimum Gasteiger partial charge on any atom is -0.304 e. The summed E-state index contributed by atoms with van der Waals surface area (Å²) in [7, 11) is 3.98. The predicted octanol–water partition coefficient (Wildman–Crippen LogP) is 3.43.